The maximum absolute atomic E-state index is 13.0. The summed E-state index contributed by atoms with van der Waals surface area (Å²) in [7, 11) is 1.60. The molecule has 0 aliphatic rings. The summed E-state index contributed by atoms with van der Waals surface area (Å²) >= 11 is 0. The molecule has 0 bridgehead atoms. The Hall–Kier alpha value is -3.71. The summed E-state index contributed by atoms with van der Waals surface area (Å²) in [5.41, 5.74) is 2.34. The molecule has 166 valence electrons. The number of hydrogen-bond donors (Lipinski definition) is 2. The fraction of sp³-hybridized carbons (Fsp3) is 0.200. The van der Waals surface area contributed by atoms with Crippen molar-refractivity contribution in [2.24, 2.45) is 0 Å². The molecule has 0 saturated carbocycles. The molecule has 2 amide bonds. The van der Waals surface area contributed by atoms with Crippen LogP contribution in [-0.4, -0.2) is 32.1 Å². The Morgan fingerprint density at radius 3 is 2.31 bits per heavy atom. The second-order valence-corrected chi connectivity index (χ2v) is 7.15. The maximum atomic E-state index is 13.0. The summed E-state index contributed by atoms with van der Waals surface area (Å²) in [5.74, 6) is -0.342. The monoisotopic (exact) mass is 436 g/mol. The second-order valence-electron chi connectivity index (χ2n) is 7.15. The molecule has 3 aromatic carbocycles. The van der Waals surface area contributed by atoms with Crippen molar-refractivity contribution in [3.63, 3.8) is 0 Å². The lowest BCUT2D eigenvalue weighted by Crippen LogP contribution is -2.26. The Bertz CT molecular complexity index is 1050. The number of amides is 2. The molecule has 0 heterocycles. The highest BCUT2D eigenvalue weighted by Gasteiger charge is 2.13. The SMILES string of the molecule is COCCOc1cccc(C(=O)NC(C)c2ccc(NC(=O)c3ccc(F)cc3)cc2)c1. The fourth-order valence-corrected chi connectivity index (χ4v) is 2.99. The number of halogens is 1. The van der Waals surface area contributed by atoms with Crippen molar-refractivity contribution in [1.82, 2.24) is 5.32 Å². The molecule has 0 spiro atoms. The molecule has 0 aliphatic heterocycles. The van der Waals surface area contributed by atoms with Crippen LogP contribution in [0.15, 0.2) is 72.8 Å². The number of anilines is 1. The van der Waals surface area contributed by atoms with Crippen LogP contribution >= 0.6 is 0 Å². The minimum absolute atomic E-state index is 0.219. The van der Waals surface area contributed by atoms with E-state index in [1.54, 1.807) is 43.5 Å². The first-order valence-corrected chi connectivity index (χ1v) is 10.2. The predicted octanol–water partition coefficient (Wildman–Crippen LogP) is 4.59. The van der Waals surface area contributed by atoms with E-state index in [0.717, 1.165) is 5.56 Å². The zero-order valence-corrected chi connectivity index (χ0v) is 17.9. The van der Waals surface area contributed by atoms with Gasteiger partial charge in [0, 0.05) is 23.9 Å². The lowest BCUT2D eigenvalue weighted by Gasteiger charge is -2.16. The summed E-state index contributed by atoms with van der Waals surface area (Å²) in [6.07, 6.45) is 0. The Labute approximate surface area is 186 Å². The number of methoxy groups -OCH3 is 1. The van der Waals surface area contributed by atoms with Gasteiger partial charge < -0.3 is 20.1 Å². The molecule has 32 heavy (non-hydrogen) atoms. The van der Waals surface area contributed by atoms with E-state index in [1.807, 2.05) is 19.1 Å². The van der Waals surface area contributed by atoms with Crippen LogP contribution < -0.4 is 15.4 Å². The van der Waals surface area contributed by atoms with Gasteiger partial charge in [0.2, 0.25) is 0 Å². The van der Waals surface area contributed by atoms with Gasteiger partial charge in [-0.2, -0.15) is 0 Å². The fourth-order valence-electron chi connectivity index (χ4n) is 2.99. The number of hydrogen-bond acceptors (Lipinski definition) is 4. The Balaban J connectivity index is 1.58. The first-order chi connectivity index (χ1) is 15.5. The van der Waals surface area contributed by atoms with Crippen LogP contribution in [0.25, 0.3) is 0 Å². The van der Waals surface area contributed by atoms with Gasteiger partial charge >= 0.3 is 0 Å². The van der Waals surface area contributed by atoms with Crippen LogP contribution in [0.3, 0.4) is 0 Å². The average molecular weight is 436 g/mol. The molecule has 2 N–H and O–H groups in total. The summed E-state index contributed by atoms with van der Waals surface area (Å²) in [6.45, 7) is 2.75. The third kappa shape index (κ3) is 6.39. The highest BCUT2D eigenvalue weighted by atomic mass is 19.1. The molecule has 1 unspecified atom stereocenters. The minimum Gasteiger partial charge on any atom is -0.491 e. The normalized spacial score (nSPS) is 11.5. The van der Waals surface area contributed by atoms with E-state index in [1.165, 1.54) is 24.3 Å². The first kappa shape index (κ1) is 23.0. The molecule has 0 aromatic heterocycles. The van der Waals surface area contributed by atoms with Crippen molar-refractivity contribution >= 4 is 17.5 Å². The molecule has 7 heteroatoms. The topological polar surface area (TPSA) is 76.7 Å². The Morgan fingerprint density at radius 2 is 1.62 bits per heavy atom. The van der Waals surface area contributed by atoms with Crippen molar-refractivity contribution in [3.05, 3.63) is 95.3 Å². The van der Waals surface area contributed by atoms with Crippen molar-refractivity contribution in [2.75, 3.05) is 25.6 Å². The van der Waals surface area contributed by atoms with Gasteiger partial charge in [0.25, 0.3) is 11.8 Å². The number of carbonyl (C=O) groups excluding carboxylic acids is 2. The highest BCUT2D eigenvalue weighted by Crippen LogP contribution is 2.19. The lowest BCUT2D eigenvalue weighted by molar-refractivity contribution is 0.0938. The van der Waals surface area contributed by atoms with E-state index in [2.05, 4.69) is 10.6 Å². The minimum atomic E-state index is -0.396. The molecule has 0 aliphatic carbocycles. The zero-order chi connectivity index (χ0) is 22.9. The van der Waals surface area contributed by atoms with Crippen LogP contribution in [0.4, 0.5) is 10.1 Å². The average Bonchev–Trinajstić information content (AvgIpc) is 2.80. The molecule has 1 atom stereocenters. The van der Waals surface area contributed by atoms with Gasteiger partial charge in [0.05, 0.1) is 12.6 Å². The van der Waals surface area contributed by atoms with Crippen LogP contribution in [0.2, 0.25) is 0 Å². The Kier molecular flexibility index (Phi) is 7.94. The summed E-state index contributed by atoms with van der Waals surface area (Å²) < 4.78 is 23.5. The largest absolute Gasteiger partial charge is 0.491 e. The number of rotatable bonds is 9. The van der Waals surface area contributed by atoms with Crippen LogP contribution in [0, 0.1) is 5.82 Å². The third-order valence-corrected chi connectivity index (χ3v) is 4.77. The van der Waals surface area contributed by atoms with Gasteiger partial charge in [-0.25, -0.2) is 4.39 Å². The van der Waals surface area contributed by atoms with Gasteiger partial charge in [-0.05, 0) is 67.1 Å². The number of carbonyl (C=O) groups is 2. The van der Waals surface area contributed by atoms with Gasteiger partial charge in [-0.1, -0.05) is 18.2 Å². The van der Waals surface area contributed by atoms with Gasteiger partial charge in [-0.3, -0.25) is 9.59 Å². The third-order valence-electron chi connectivity index (χ3n) is 4.77. The van der Waals surface area contributed by atoms with E-state index < -0.39 is 5.82 Å². The van der Waals surface area contributed by atoms with Gasteiger partial charge in [-0.15, -0.1) is 0 Å². The summed E-state index contributed by atoms with van der Waals surface area (Å²) in [4.78, 5) is 24.9. The van der Waals surface area contributed by atoms with E-state index in [0.29, 0.717) is 35.8 Å². The number of nitrogens with one attached hydrogen (secondary N) is 2. The maximum Gasteiger partial charge on any atom is 0.255 e. The van der Waals surface area contributed by atoms with Crippen molar-refractivity contribution in [1.29, 1.82) is 0 Å². The molecule has 3 rings (SSSR count). The second kappa shape index (κ2) is 11.1. The molecule has 6 nitrogen and oxygen atoms in total. The summed E-state index contributed by atoms with van der Waals surface area (Å²) in [5, 5.41) is 5.72. The van der Waals surface area contributed by atoms with Crippen molar-refractivity contribution in [2.45, 2.75) is 13.0 Å². The van der Waals surface area contributed by atoms with Gasteiger partial charge in [0.15, 0.2) is 0 Å². The molecule has 3 aromatic rings. The Morgan fingerprint density at radius 1 is 0.906 bits per heavy atom. The van der Waals surface area contributed by atoms with Crippen LogP contribution in [0.1, 0.15) is 39.2 Å². The van der Waals surface area contributed by atoms with E-state index in [9.17, 15) is 14.0 Å². The van der Waals surface area contributed by atoms with E-state index in [-0.39, 0.29) is 17.9 Å². The van der Waals surface area contributed by atoms with Gasteiger partial charge in [0.1, 0.15) is 18.2 Å². The van der Waals surface area contributed by atoms with Crippen LogP contribution in [0.5, 0.6) is 5.75 Å². The van der Waals surface area contributed by atoms with E-state index in [4.69, 9.17) is 9.47 Å². The smallest absolute Gasteiger partial charge is 0.255 e. The first-order valence-electron chi connectivity index (χ1n) is 10.2. The molecular formula is C25H25FN2O4. The standard InChI is InChI=1S/C25H25FN2O4/c1-17(27-25(30)20-4-3-5-23(16-20)32-15-14-31-2)18-8-12-22(13-9-18)28-24(29)19-6-10-21(26)11-7-19/h3-13,16-17H,14-15H2,1-2H3,(H,27,30)(H,28,29). The molecular weight excluding hydrogens is 411 g/mol. The van der Waals surface area contributed by atoms with Crippen molar-refractivity contribution < 1.29 is 23.5 Å². The highest BCUT2D eigenvalue weighted by molar-refractivity contribution is 6.04. The molecule has 0 saturated heterocycles. The lowest BCUT2D eigenvalue weighted by atomic mass is 10.1. The number of benzene rings is 3. The molecule has 0 radical (unpaired) electrons. The quantitative estimate of drug-likeness (QED) is 0.481. The summed E-state index contributed by atoms with van der Waals surface area (Å²) in [6, 6.07) is 19.2. The predicted molar refractivity (Wildman–Crippen MR) is 120 cm³/mol. The van der Waals surface area contributed by atoms with Crippen molar-refractivity contribution in [3.8, 4) is 5.75 Å². The molecule has 0 fully saturated rings. The van der Waals surface area contributed by atoms with E-state index >= 15 is 0 Å². The number of ether oxygens (including phenoxy) is 2. The zero-order valence-electron chi connectivity index (χ0n) is 17.9. The van der Waals surface area contributed by atoms with Crippen LogP contribution in [-0.2, 0) is 4.74 Å².